The van der Waals surface area contributed by atoms with E-state index >= 15 is 0 Å². The van der Waals surface area contributed by atoms with Crippen molar-refractivity contribution in [2.45, 2.75) is 12.6 Å². The van der Waals surface area contributed by atoms with Crippen LogP contribution in [0.2, 0.25) is 0 Å². The Labute approximate surface area is 55.6 Å². The second-order valence-electron chi connectivity index (χ2n) is 1.61. The SMILES string of the molecule is O=C(O)C(F)C(=O)CCF. The molecule has 3 nitrogen and oxygen atoms in total. The number of hydrogen-bond acceptors (Lipinski definition) is 2. The number of Topliss-reactive ketones (excluding diaryl/α,β-unsaturated/α-hetero) is 1. The zero-order valence-electron chi connectivity index (χ0n) is 5.01. The maximum Gasteiger partial charge on any atom is 0.346 e. The van der Waals surface area contributed by atoms with Gasteiger partial charge in [-0.3, -0.25) is 9.18 Å². The van der Waals surface area contributed by atoms with Crippen LogP contribution in [0.15, 0.2) is 0 Å². The monoisotopic (exact) mass is 152 g/mol. The molecule has 0 saturated heterocycles. The van der Waals surface area contributed by atoms with E-state index < -0.39 is 31.0 Å². The molecular weight excluding hydrogens is 146 g/mol. The summed E-state index contributed by atoms with van der Waals surface area (Å²) in [5.74, 6) is -3.09. The minimum Gasteiger partial charge on any atom is -0.479 e. The fourth-order valence-corrected chi connectivity index (χ4v) is 0.358. The number of ketones is 1. The molecule has 1 atom stereocenters. The molecule has 0 radical (unpaired) electrons. The second-order valence-corrected chi connectivity index (χ2v) is 1.61. The van der Waals surface area contributed by atoms with Crippen LogP contribution < -0.4 is 0 Å². The van der Waals surface area contributed by atoms with E-state index in [1.165, 1.54) is 0 Å². The summed E-state index contributed by atoms with van der Waals surface area (Å²) >= 11 is 0. The summed E-state index contributed by atoms with van der Waals surface area (Å²) in [5.41, 5.74) is 0. The van der Waals surface area contributed by atoms with E-state index in [2.05, 4.69) is 0 Å². The second kappa shape index (κ2) is 3.92. The summed E-state index contributed by atoms with van der Waals surface area (Å²) in [6, 6.07) is 0. The highest BCUT2D eigenvalue weighted by atomic mass is 19.1. The predicted molar refractivity (Wildman–Crippen MR) is 28.1 cm³/mol. The first-order valence-corrected chi connectivity index (χ1v) is 2.55. The molecule has 5 heteroatoms. The molecule has 0 heterocycles. The Morgan fingerprint density at radius 3 is 2.30 bits per heavy atom. The topological polar surface area (TPSA) is 54.4 Å². The van der Waals surface area contributed by atoms with Crippen LogP contribution in [0.5, 0.6) is 0 Å². The molecule has 1 unspecified atom stereocenters. The van der Waals surface area contributed by atoms with Gasteiger partial charge in [0.2, 0.25) is 0 Å². The van der Waals surface area contributed by atoms with E-state index in [0.29, 0.717) is 0 Å². The largest absolute Gasteiger partial charge is 0.479 e. The van der Waals surface area contributed by atoms with Gasteiger partial charge in [0.05, 0.1) is 6.67 Å². The number of carbonyl (C=O) groups is 2. The number of aliphatic carboxylic acids is 1. The quantitative estimate of drug-likeness (QED) is 0.591. The molecule has 0 amide bonds. The Morgan fingerprint density at radius 2 is 2.00 bits per heavy atom. The number of halogens is 2. The predicted octanol–water partition coefficient (Wildman–Crippen LogP) is 0.338. The number of carbonyl (C=O) groups excluding carboxylic acids is 1. The van der Waals surface area contributed by atoms with Crippen molar-refractivity contribution in [1.29, 1.82) is 0 Å². The van der Waals surface area contributed by atoms with Gasteiger partial charge in [-0.1, -0.05) is 0 Å². The van der Waals surface area contributed by atoms with Gasteiger partial charge in [-0.15, -0.1) is 0 Å². The summed E-state index contributed by atoms with van der Waals surface area (Å²) < 4.78 is 23.3. The smallest absolute Gasteiger partial charge is 0.346 e. The van der Waals surface area contributed by atoms with E-state index in [-0.39, 0.29) is 0 Å². The number of alkyl halides is 2. The maximum absolute atomic E-state index is 12.0. The molecule has 0 aromatic heterocycles. The first-order chi connectivity index (χ1) is 4.59. The van der Waals surface area contributed by atoms with Crippen molar-refractivity contribution in [2.75, 3.05) is 6.67 Å². The summed E-state index contributed by atoms with van der Waals surface area (Å²) in [5, 5.41) is 7.86. The molecule has 0 bridgehead atoms. The minimum absolute atomic E-state index is 0.673. The zero-order chi connectivity index (χ0) is 8.15. The van der Waals surface area contributed by atoms with Gasteiger partial charge >= 0.3 is 5.97 Å². The molecule has 0 saturated carbocycles. The van der Waals surface area contributed by atoms with Crippen molar-refractivity contribution in [1.82, 2.24) is 0 Å². The summed E-state index contributed by atoms with van der Waals surface area (Å²) in [6.07, 6.45) is -3.25. The maximum atomic E-state index is 12.0. The van der Waals surface area contributed by atoms with E-state index in [1.54, 1.807) is 0 Å². The molecule has 10 heavy (non-hydrogen) atoms. The normalized spacial score (nSPS) is 12.6. The fourth-order valence-electron chi connectivity index (χ4n) is 0.358. The lowest BCUT2D eigenvalue weighted by Gasteiger charge is -1.97. The van der Waals surface area contributed by atoms with Gasteiger partial charge < -0.3 is 5.11 Å². The third-order valence-corrected chi connectivity index (χ3v) is 0.840. The van der Waals surface area contributed by atoms with E-state index in [0.717, 1.165) is 0 Å². The van der Waals surface area contributed by atoms with E-state index in [4.69, 9.17) is 5.11 Å². The third kappa shape index (κ3) is 2.52. The lowest BCUT2D eigenvalue weighted by atomic mass is 10.2. The van der Waals surface area contributed by atoms with Gasteiger partial charge in [0.1, 0.15) is 0 Å². The molecular formula is C5H6F2O3. The molecule has 0 fully saturated rings. The Balaban J connectivity index is 3.82. The van der Waals surface area contributed by atoms with Gasteiger partial charge in [-0.05, 0) is 0 Å². The highest BCUT2D eigenvalue weighted by Gasteiger charge is 2.24. The van der Waals surface area contributed by atoms with Crippen LogP contribution in [0.3, 0.4) is 0 Å². The Morgan fingerprint density at radius 1 is 1.50 bits per heavy atom. The number of carboxylic acid groups (broad SMARTS) is 1. The van der Waals surface area contributed by atoms with Gasteiger partial charge in [0, 0.05) is 6.42 Å². The lowest BCUT2D eigenvalue weighted by Crippen LogP contribution is -2.25. The van der Waals surface area contributed by atoms with Crippen LogP contribution in [0, 0.1) is 0 Å². The number of rotatable bonds is 4. The first kappa shape index (κ1) is 9.00. The van der Waals surface area contributed by atoms with Crippen molar-refractivity contribution in [2.24, 2.45) is 0 Å². The fraction of sp³-hybridized carbons (Fsp3) is 0.600. The molecule has 0 aromatic carbocycles. The summed E-state index contributed by atoms with van der Waals surface area (Å²) in [6.45, 7) is -1.02. The molecule has 0 rings (SSSR count). The van der Waals surface area contributed by atoms with E-state index in [9.17, 15) is 18.4 Å². The molecule has 1 N–H and O–H groups in total. The van der Waals surface area contributed by atoms with Crippen LogP contribution in [-0.4, -0.2) is 29.7 Å². The van der Waals surface area contributed by atoms with Crippen LogP contribution in [0.4, 0.5) is 8.78 Å². The van der Waals surface area contributed by atoms with E-state index in [1.807, 2.05) is 0 Å². The van der Waals surface area contributed by atoms with Crippen molar-refractivity contribution in [3.63, 3.8) is 0 Å². The van der Waals surface area contributed by atoms with Crippen LogP contribution in [0.1, 0.15) is 6.42 Å². The highest BCUT2D eigenvalue weighted by molar-refractivity contribution is 6.00. The van der Waals surface area contributed by atoms with Gasteiger partial charge in [0.15, 0.2) is 5.78 Å². The molecule has 0 aliphatic heterocycles. The summed E-state index contributed by atoms with van der Waals surface area (Å²) in [7, 11) is 0. The lowest BCUT2D eigenvalue weighted by molar-refractivity contribution is -0.147. The van der Waals surface area contributed by atoms with Gasteiger partial charge in [-0.2, -0.15) is 0 Å². The molecule has 0 aliphatic rings. The van der Waals surface area contributed by atoms with Crippen LogP contribution >= 0.6 is 0 Å². The summed E-state index contributed by atoms with van der Waals surface area (Å²) in [4.78, 5) is 19.9. The van der Waals surface area contributed by atoms with Crippen molar-refractivity contribution < 1.29 is 23.5 Å². The van der Waals surface area contributed by atoms with Gasteiger partial charge in [0.25, 0.3) is 6.17 Å². The molecule has 0 spiro atoms. The van der Waals surface area contributed by atoms with Crippen LogP contribution in [-0.2, 0) is 9.59 Å². The number of carboxylic acids is 1. The Kier molecular flexibility index (Phi) is 3.53. The third-order valence-electron chi connectivity index (χ3n) is 0.840. The Bertz CT molecular complexity index is 146. The standard InChI is InChI=1S/C5H6F2O3/c6-2-1-3(8)4(7)5(9)10/h4H,1-2H2,(H,9,10). The average Bonchev–Trinajstić information content (AvgIpc) is 1.87. The zero-order valence-corrected chi connectivity index (χ0v) is 5.01. The van der Waals surface area contributed by atoms with Crippen molar-refractivity contribution in [3.05, 3.63) is 0 Å². The Hall–Kier alpha value is -1.00. The number of hydrogen-bond donors (Lipinski definition) is 1. The van der Waals surface area contributed by atoms with Gasteiger partial charge in [-0.25, -0.2) is 9.18 Å². The van der Waals surface area contributed by atoms with Crippen molar-refractivity contribution >= 4 is 11.8 Å². The molecule has 0 aliphatic carbocycles. The molecule has 0 aromatic rings. The highest BCUT2D eigenvalue weighted by Crippen LogP contribution is 1.97. The first-order valence-electron chi connectivity index (χ1n) is 2.55. The molecule has 58 valence electrons. The minimum atomic E-state index is -2.57. The van der Waals surface area contributed by atoms with Crippen molar-refractivity contribution in [3.8, 4) is 0 Å². The average molecular weight is 152 g/mol. The van der Waals surface area contributed by atoms with Crippen LogP contribution in [0.25, 0.3) is 0 Å².